The topological polar surface area (TPSA) is 85.1 Å². The molecule has 148 valence electrons. The van der Waals surface area contributed by atoms with Crippen LogP contribution in [0.15, 0.2) is 54.6 Å². The fourth-order valence-corrected chi connectivity index (χ4v) is 4.71. The van der Waals surface area contributed by atoms with Gasteiger partial charge in [0, 0.05) is 23.6 Å². The SMILES string of the molecule is NC(=O)c1ccc(-c2sc(-c3ccccc3)nc2C(=O)CC2CCCCN2)cc1. The molecule has 1 saturated heterocycles. The molecular weight excluding hydrogens is 382 g/mol. The number of nitrogens with zero attached hydrogens (tertiary/aromatic N) is 1. The van der Waals surface area contributed by atoms with E-state index in [4.69, 9.17) is 10.7 Å². The van der Waals surface area contributed by atoms with Crippen LogP contribution in [0.25, 0.3) is 21.0 Å². The molecule has 3 N–H and O–H groups in total. The molecule has 1 aliphatic heterocycles. The van der Waals surface area contributed by atoms with Crippen LogP contribution in [0.2, 0.25) is 0 Å². The first-order chi connectivity index (χ1) is 14.1. The molecule has 3 aromatic rings. The second-order valence-corrected chi connectivity index (χ2v) is 8.28. The van der Waals surface area contributed by atoms with Gasteiger partial charge in [0.2, 0.25) is 5.91 Å². The Balaban J connectivity index is 1.70. The van der Waals surface area contributed by atoms with Crippen molar-refractivity contribution in [1.29, 1.82) is 0 Å². The zero-order valence-electron chi connectivity index (χ0n) is 16.1. The molecule has 1 aliphatic rings. The number of benzene rings is 2. The minimum absolute atomic E-state index is 0.0526. The van der Waals surface area contributed by atoms with Crippen molar-refractivity contribution in [1.82, 2.24) is 10.3 Å². The molecule has 1 unspecified atom stereocenters. The van der Waals surface area contributed by atoms with Crippen LogP contribution in [0, 0.1) is 0 Å². The number of carbonyl (C=O) groups excluding carboxylic acids is 2. The molecule has 5 nitrogen and oxygen atoms in total. The summed E-state index contributed by atoms with van der Waals surface area (Å²) in [5, 5.41) is 4.26. The molecule has 0 bridgehead atoms. The van der Waals surface area contributed by atoms with Gasteiger partial charge in [0.15, 0.2) is 5.78 Å². The van der Waals surface area contributed by atoms with Crippen molar-refractivity contribution >= 4 is 23.0 Å². The predicted octanol–water partition coefficient (Wildman–Crippen LogP) is 4.29. The quantitative estimate of drug-likeness (QED) is 0.599. The van der Waals surface area contributed by atoms with Crippen molar-refractivity contribution in [2.75, 3.05) is 6.54 Å². The summed E-state index contributed by atoms with van der Waals surface area (Å²) in [6, 6.07) is 17.1. The number of hydrogen-bond acceptors (Lipinski definition) is 5. The van der Waals surface area contributed by atoms with E-state index in [1.807, 2.05) is 42.5 Å². The van der Waals surface area contributed by atoms with Gasteiger partial charge in [-0.3, -0.25) is 9.59 Å². The summed E-state index contributed by atoms with van der Waals surface area (Å²) in [5.41, 5.74) is 8.17. The summed E-state index contributed by atoms with van der Waals surface area (Å²) >= 11 is 1.50. The summed E-state index contributed by atoms with van der Waals surface area (Å²) in [6.45, 7) is 0.964. The number of carbonyl (C=O) groups is 2. The molecule has 2 heterocycles. The zero-order valence-corrected chi connectivity index (χ0v) is 16.9. The summed E-state index contributed by atoms with van der Waals surface area (Å²) in [6.07, 6.45) is 3.78. The highest BCUT2D eigenvalue weighted by Gasteiger charge is 2.24. The normalized spacial score (nSPS) is 16.5. The highest BCUT2D eigenvalue weighted by Crippen LogP contribution is 2.36. The lowest BCUT2D eigenvalue weighted by molar-refractivity contribution is 0.0958. The monoisotopic (exact) mass is 405 g/mol. The Morgan fingerprint density at radius 2 is 1.79 bits per heavy atom. The van der Waals surface area contributed by atoms with Crippen LogP contribution in [0.3, 0.4) is 0 Å². The standard InChI is InChI=1S/C23H23N3O2S/c24-22(28)16-11-9-15(10-12-16)21-20(19(27)14-18-8-4-5-13-25-18)26-23(29-21)17-6-2-1-3-7-17/h1-3,6-7,9-12,18,25H,4-5,8,13-14H2,(H2,24,28). The van der Waals surface area contributed by atoms with E-state index >= 15 is 0 Å². The van der Waals surface area contributed by atoms with Gasteiger partial charge in [-0.1, -0.05) is 48.9 Å². The molecule has 1 atom stereocenters. The number of primary amides is 1. The van der Waals surface area contributed by atoms with E-state index in [1.54, 1.807) is 12.1 Å². The minimum Gasteiger partial charge on any atom is -0.366 e. The summed E-state index contributed by atoms with van der Waals surface area (Å²) in [4.78, 5) is 30.1. The Morgan fingerprint density at radius 1 is 1.03 bits per heavy atom. The number of aromatic nitrogens is 1. The van der Waals surface area contributed by atoms with Crippen LogP contribution in [-0.2, 0) is 0 Å². The van der Waals surface area contributed by atoms with Gasteiger partial charge >= 0.3 is 0 Å². The summed E-state index contributed by atoms with van der Waals surface area (Å²) in [5.74, 6) is -0.415. The van der Waals surface area contributed by atoms with Gasteiger partial charge in [-0.2, -0.15) is 0 Å². The van der Waals surface area contributed by atoms with Crippen LogP contribution >= 0.6 is 11.3 Å². The van der Waals surface area contributed by atoms with E-state index < -0.39 is 5.91 Å². The maximum absolute atomic E-state index is 13.2. The van der Waals surface area contributed by atoms with E-state index in [2.05, 4.69) is 5.32 Å². The lowest BCUT2D eigenvalue weighted by atomic mass is 9.98. The van der Waals surface area contributed by atoms with Crippen molar-refractivity contribution in [2.24, 2.45) is 5.73 Å². The van der Waals surface area contributed by atoms with Gasteiger partial charge in [0.1, 0.15) is 10.7 Å². The molecule has 0 aliphatic carbocycles. The van der Waals surface area contributed by atoms with Gasteiger partial charge in [-0.05, 0) is 37.1 Å². The van der Waals surface area contributed by atoms with Gasteiger partial charge in [0.25, 0.3) is 0 Å². The number of amides is 1. The van der Waals surface area contributed by atoms with Crippen molar-refractivity contribution in [3.63, 3.8) is 0 Å². The van der Waals surface area contributed by atoms with Crippen molar-refractivity contribution < 1.29 is 9.59 Å². The second kappa shape index (κ2) is 8.68. The molecule has 2 aromatic carbocycles. The molecular formula is C23H23N3O2S. The lowest BCUT2D eigenvalue weighted by Crippen LogP contribution is -2.35. The third kappa shape index (κ3) is 4.44. The molecule has 0 spiro atoms. The van der Waals surface area contributed by atoms with Crippen LogP contribution < -0.4 is 11.1 Å². The van der Waals surface area contributed by atoms with E-state index in [0.29, 0.717) is 17.7 Å². The Kier molecular flexibility index (Phi) is 5.83. The first-order valence-electron chi connectivity index (χ1n) is 9.85. The molecule has 1 aromatic heterocycles. The minimum atomic E-state index is -0.467. The Morgan fingerprint density at radius 3 is 2.45 bits per heavy atom. The third-order valence-electron chi connectivity index (χ3n) is 5.19. The van der Waals surface area contributed by atoms with E-state index in [-0.39, 0.29) is 11.8 Å². The molecule has 1 fully saturated rings. The largest absolute Gasteiger partial charge is 0.366 e. The highest BCUT2D eigenvalue weighted by atomic mass is 32.1. The number of rotatable bonds is 6. The van der Waals surface area contributed by atoms with E-state index in [1.165, 1.54) is 11.3 Å². The van der Waals surface area contributed by atoms with Crippen LogP contribution in [0.1, 0.15) is 46.5 Å². The van der Waals surface area contributed by atoms with Crippen molar-refractivity contribution in [2.45, 2.75) is 31.7 Å². The van der Waals surface area contributed by atoms with Crippen LogP contribution in [-0.4, -0.2) is 29.3 Å². The predicted molar refractivity (Wildman–Crippen MR) is 116 cm³/mol. The first kappa shape index (κ1) is 19.5. The average Bonchev–Trinajstić information content (AvgIpc) is 3.21. The first-order valence-corrected chi connectivity index (χ1v) is 10.7. The fourth-order valence-electron chi connectivity index (χ4n) is 3.61. The molecule has 0 radical (unpaired) electrons. The molecule has 0 saturated carbocycles. The number of nitrogens with two attached hydrogens (primary N) is 1. The molecule has 4 rings (SSSR count). The number of Topliss-reactive ketones (excluding diaryl/α,β-unsaturated/α-hetero) is 1. The number of nitrogens with one attached hydrogen (secondary N) is 1. The number of ketones is 1. The third-order valence-corrected chi connectivity index (χ3v) is 6.34. The number of hydrogen-bond donors (Lipinski definition) is 2. The van der Waals surface area contributed by atoms with E-state index in [9.17, 15) is 9.59 Å². The van der Waals surface area contributed by atoms with Crippen molar-refractivity contribution in [3.05, 3.63) is 65.9 Å². The summed E-state index contributed by atoms with van der Waals surface area (Å²) in [7, 11) is 0. The number of piperidine rings is 1. The Bertz CT molecular complexity index is 1010. The fraction of sp³-hybridized carbons (Fsp3) is 0.261. The lowest BCUT2D eigenvalue weighted by Gasteiger charge is -2.22. The average molecular weight is 406 g/mol. The molecule has 29 heavy (non-hydrogen) atoms. The van der Waals surface area contributed by atoms with E-state index in [0.717, 1.165) is 46.8 Å². The maximum atomic E-state index is 13.2. The number of thiazole rings is 1. The van der Waals surface area contributed by atoms with Crippen LogP contribution in [0.5, 0.6) is 0 Å². The Hall–Kier alpha value is -2.83. The van der Waals surface area contributed by atoms with Crippen molar-refractivity contribution in [3.8, 4) is 21.0 Å². The molecule has 6 heteroatoms. The zero-order chi connectivity index (χ0) is 20.2. The van der Waals surface area contributed by atoms with Gasteiger partial charge in [-0.15, -0.1) is 11.3 Å². The van der Waals surface area contributed by atoms with Gasteiger partial charge in [-0.25, -0.2) is 4.98 Å². The second-order valence-electron chi connectivity index (χ2n) is 7.28. The Labute approximate surface area is 174 Å². The van der Waals surface area contributed by atoms with Gasteiger partial charge in [0.05, 0.1) is 4.88 Å². The smallest absolute Gasteiger partial charge is 0.248 e. The van der Waals surface area contributed by atoms with Gasteiger partial charge < -0.3 is 11.1 Å². The highest BCUT2D eigenvalue weighted by molar-refractivity contribution is 7.18. The maximum Gasteiger partial charge on any atom is 0.248 e. The summed E-state index contributed by atoms with van der Waals surface area (Å²) < 4.78 is 0. The van der Waals surface area contributed by atoms with Crippen LogP contribution in [0.4, 0.5) is 0 Å². The molecule has 1 amide bonds.